The van der Waals surface area contributed by atoms with Gasteiger partial charge in [-0.2, -0.15) is 0 Å². The highest BCUT2D eigenvalue weighted by Crippen LogP contribution is 2.38. The van der Waals surface area contributed by atoms with E-state index >= 15 is 0 Å². The van der Waals surface area contributed by atoms with Gasteiger partial charge in [0.25, 0.3) is 0 Å². The summed E-state index contributed by atoms with van der Waals surface area (Å²) in [4.78, 5) is 49.4. The summed E-state index contributed by atoms with van der Waals surface area (Å²) in [7, 11) is 0. The number of ether oxygens (including phenoxy) is 5. The number of nitrogens with two attached hydrogens (primary N) is 1. The Balaban J connectivity index is 3.49. The summed E-state index contributed by atoms with van der Waals surface area (Å²) in [5.41, 5.74) is 4.74. The average molecular weight is 568 g/mol. The molecule has 40 heavy (non-hydrogen) atoms. The van der Waals surface area contributed by atoms with Crippen LogP contribution in [0.1, 0.15) is 93.6 Å². The van der Waals surface area contributed by atoms with Crippen LogP contribution in [0, 0.1) is 11.8 Å². The van der Waals surface area contributed by atoms with E-state index in [2.05, 4.69) is 0 Å². The van der Waals surface area contributed by atoms with E-state index < -0.39 is 53.5 Å². The molecule has 1 aromatic carbocycles. The SMILES string of the molecule is CCCC(C)C(=O)OC(C)C(C)C(c1ccc(OC(=O)OC(C)(C)C)c(OC(=O)OC(C)(C)C)c1)[C@H](N)C(=O)O. The molecule has 0 aromatic heterocycles. The molecule has 11 nitrogen and oxygen atoms in total. The minimum absolute atomic E-state index is 0.160. The molecule has 3 N–H and O–H groups in total. The van der Waals surface area contributed by atoms with Crippen molar-refractivity contribution in [2.45, 2.75) is 111 Å². The van der Waals surface area contributed by atoms with Crippen molar-refractivity contribution in [2.24, 2.45) is 17.6 Å². The highest BCUT2D eigenvalue weighted by Gasteiger charge is 2.36. The quantitative estimate of drug-likeness (QED) is 0.188. The summed E-state index contributed by atoms with van der Waals surface area (Å²) in [5, 5.41) is 9.78. The van der Waals surface area contributed by atoms with Crippen LogP contribution in [-0.4, -0.2) is 52.7 Å². The third-order valence-corrected chi connectivity index (χ3v) is 5.92. The van der Waals surface area contributed by atoms with Crippen LogP contribution in [0.15, 0.2) is 18.2 Å². The Morgan fingerprint density at radius 3 is 1.82 bits per heavy atom. The molecule has 4 unspecified atom stereocenters. The fourth-order valence-corrected chi connectivity index (χ4v) is 3.86. The van der Waals surface area contributed by atoms with E-state index in [1.807, 2.05) is 6.92 Å². The first-order valence-corrected chi connectivity index (χ1v) is 13.4. The fraction of sp³-hybridized carbons (Fsp3) is 0.655. The summed E-state index contributed by atoms with van der Waals surface area (Å²) in [5.74, 6) is -3.82. The molecule has 1 rings (SSSR count). The third-order valence-electron chi connectivity index (χ3n) is 5.92. The van der Waals surface area contributed by atoms with Gasteiger partial charge in [0.1, 0.15) is 23.3 Å². The maximum Gasteiger partial charge on any atom is 0.514 e. The van der Waals surface area contributed by atoms with Crippen LogP contribution in [0.4, 0.5) is 9.59 Å². The van der Waals surface area contributed by atoms with Crippen molar-refractivity contribution < 1.29 is 48.0 Å². The number of carboxylic acids is 1. The molecule has 0 saturated heterocycles. The summed E-state index contributed by atoms with van der Waals surface area (Å²) < 4.78 is 26.8. The maximum atomic E-state index is 12.5. The second-order valence-electron chi connectivity index (χ2n) is 11.9. The van der Waals surface area contributed by atoms with Gasteiger partial charge in [0.15, 0.2) is 11.5 Å². The molecule has 0 aliphatic rings. The molecule has 11 heteroatoms. The third kappa shape index (κ3) is 11.4. The van der Waals surface area contributed by atoms with E-state index in [0.29, 0.717) is 12.0 Å². The maximum absolute atomic E-state index is 12.5. The molecule has 0 bridgehead atoms. The van der Waals surface area contributed by atoms with Gasteiger partial charge < -0.3 is 34.5 Å². The number of carbonyl (C=O) groups is 4. The van der Waals surface area contributed by atoms with Crippen LogP contribution < -0.4 is 15.2 Å². The predicted molar refractivity (Wildman–Crippen MR) is 147 cm³/mol. The molecule has 0 heterocycles. The lowest BCUT2D eigenvalue weighted by molar-refractivity contribution is -0.156. The Morgan fingerprint density at radius 2 is 1.38 bits per heavy atom. The normalized spacial score (nSPS) is 15.6. The second kappa shape index (κ2) is 14.3. The predicted octanol–water partition coefficient (Wildman–Crippen LogP) is 5.81. The van der Waals surface area contributed by atoms with Gasteiger partial charge in [-0.1, -0.05) is 33.3 Å². The van der Waals surface area contributed by atoms with E-state index in [-0.39, 0.29) is 23.4 Å². The Bertz CT molecular complexity index is 1040. The topological polar surface area (TPSA) is 161 Å². The van der Waals surface area contributed by atoms with Crippen LogP contribution in [0.25, 0.3) is 0 Å². The monoisotopic (exact) mass is 567 g/mol. The van der Waals surface area contributed by atoms with E-state index in [1.165, 1.54) is 18.2 Å². The number of aliphatic carboxylic acids is 1. The Labute approximate surface area is 236 Å². The van der Waals surface area contributed by atoms with Gasteiger partial charge in [-0.25, -0.2) is 9.59 Å². The average Bonchev–Trinajstić information content (AvgIpc) is 2.78. The molecule has 0 radical (unpaired) electrons. The van der Waals surface area contributed by atoms with Crippen molar-refractivity contribution in [1.29, 1.82) is 0 Å². The molecular formula is C29H45NO10. The van der Waals surface area contributed by atoms with Crippen molar-refractivity contribution in [3.63, 3.8) is 0 Å². The zero-order valence-corrected chi connectivity index (χ0v) is 25.2. The minimum atomic E-state index is -1.41. The largest absolute Gasteiger partial charge is 0.514 e. The second-order valence-corrected chi connectivity index (χ2v) is 11.9. The summed E-state index contributed by atoms with van der Waals surface area (Å²) in [6.07, 6.45) is -1.34. The van der Waals surface area contributed by atoms with E-state index in [9.17, 15) is 24.3 Å². The van der Waals surface area contributed by atoms with Crippen LogP contribution in [0.2, 0.25) is 0 Å². The zero-order chi connectivity index (χ0) is 31.0. The van der Waals surface area contributed by atoms with Gasteiger partial charge in [0, 0.05) is 11.8 Å². The van der Waals surface area contributed by atoms with Gasteiger partial charge in [-0.3, -0.25) is 9.59 Å². The molecule has 0 fully saturated rings. The van der Waals surface area contributed by atoms with Gasteiger partial charge in [0.05, 0.1) is 5.92 Å². The van der Waals surface area contributed by atoms with Crippen molar-refractivity contribution >= 4 is 24.2 Å². The molecule has 5 atom stereocenters. The lowest BCUT2D eigenvalue weighted by atomic mass is 9.79. The molecule has 0 saturated carbocycles. The highest BCUT2D eigenvalue weighted by molar-refractivity contribution is 5.75. The number of hydrogen-bond acceptors (Lipinski definition) is 10. The summed E-state index contributed by atoms with van der Waals surface area (Å²) >= 11 is 0. The molecule has 0 aliphatic heterocycles. The fourth-order valence-electron chi connectivity index (χ4n) is 3.86. The summed E-state index contributed by atoms with van der Waals surface area (Å²) in [6.45, 7) is 17.0. The van der Waals surface area contributed by atoms with Crippen molar-refractivity contribution in [2.75, 3.05) is 0 Å². The van der Waals surface area contributed by atoms with Gasteiger partial charge in [-0.05, 0) is 72.6 Å². The number of benzene rings is 1. The Morgan fingerprint density at radius 1 is 0.875 bits per heavy atom. The first kappa shape index (κ1) is 34.7. The molecular weight excluding hydrogens is 522 g/mol. The molecule has 0 amide bonds. The number of carboxylic acid groups (broad SMARTS) is 1. The Kier molecular flexibility index (Phi) is 12.4. The van der Waals surface area contributed by atoms with Crippen LogP contribution in [-0.2, 0) is 23.8 Å². The van der Waals surface area contributed by atoms with Crippen molar-refractivity contribution in [3.05, 3.63) is 23.8 Å². The molecule has 0 aliphatic carbocycles. The number of hydrogen-bond donors (Lipinski definition) is 2. The summed E-state index contributed by atoms with van der Waals surface area (Å²) in [6, 6.07) is 2.78. The standard InChI is InChI=1S/C29H45NO10/c1-11-12-16(2)25(33)36-18(4)17(3)22(23(30)24(31)32)19-13-14-20(37-26(34)39-28(5,6)7)21(15-19)38-27(35)40-29(8,9)10/h13-18,22-23H,11-12,30H2,1-10H3,(H,31,32)/t16?,17?,18?,22?,23-/m0/s1. The molecule has 0 spiro atoms. The first-order chi connectivity index (χ1) is 18.3. The van der Waals surface area contributed by atoms with E-state index in [0.717, 1.165) is 6.42 Å². The number of carbonyl (C=O) groups excluding carboxylic acids is 3. The van der Waals surface area contributed by atoms with E-state index in [1.54, 1.807) is 62.3 Å². The number of rotatable bonds is 11. The van der Waals surface area contributed by atoms with Gasteiger partial charge in [0.2, 0.25) is 0 Å². The van der Waals surface area contributed by atoms with Crippen LogP contribution in [0.3, 0.4) is 0 Å². The molecule has 226 valence electrons. The van der Waals surface area contributed by atoms with Crippen molar-refractivity contribution in [1.82, 2.24) is 0 Å². The highest BCUT2D eigenvalue weighted by atomic mass is 16.8. The van der Waals surface area contributed by atoms with Gasteiger partial charge >= 0.3 is 24.2 Å². The van der Waals surface area contributed by atoms with Crippen LogP contribution >= 0.6 is 0 Å². The molecule has 1 aromatic rings. The lowest BCUT2D eigenvalue weighted by Crippen LogP contribution is -2.43. The number of esters is 1. The Hall–Kier alpha value is -3.34. The van der Waals surface area contributed by atoms with Crippen molar-refractivity contribution in [3.8, 4) is 11.5 Å². The first-order valence-electron chi connectivity index (χ1n) is 13.4. The minimum Gasteiger partial charge on any atom is -0.480 e. The zero-order valence-electron chi connectivity index (χ0n) is 25.2. The van der Waals surface area contributed by atoms with Gasteiger partial charge in [-0.15, -0.1) is 0 Å². The van der Waals surface area contributed by atoms with Crippen LogP contribution in [0.5, 0.6) is 11.5 Å². The smallest absolute Gasteiger partial charge is 0.480 e. The lowest BCUT2D eigenvalue weighted by Gasteiger charge is -2.32. The van der Waals surface area contributed by atoms with E-state index in [4.69, 9.17) is 29.4 Å².